The summed E-state index contributed by atoms with van der Waals surface area (Å²) in [7, 11) is 0.417. The van der Waals surface area contributed by atoms with Crippen molar-refractivity contribution in [3.63, 3.8) is 0 Å². The maximum absolute atomic E-state index is 10.4. The van der Waals surface area contributed by atoms with Gasteiger partial charge in [-0.15, -0.1) is 0 Å². The largest absolute Gasteiger partial charge is 0.569 e. The van der Waals surface area contributed by atoms with Crippen molar-refractivity contribution < 1.29 is 19.7 Å². The van der Waals surface area contributed by atoms with Crippen LogP contribution in [0.3, 0.4) is 0 Å². The van der Waals surface area contributed by atoms with Gasteiger partial charge in [-0.25, -0.2) is 0 Å². The molecule has 0 atom stereocenters. The Balaban J connectivity index is 3.06. The molecule has 6 nitrogen and oxygen atoms in total. The highest BCUT2D eigenvalue weighted by atomic mass is 16.6. The average Bonchev–Trinajstić information content (AvgIpc) is 2.17. The van der Waals surface area contributed by atoms with E-state index in [1.54, 1.807) is 0 Å². The molecule has 1 rings (SSSR count). The minimum absolute atomic E-state index is 0.103. The van der Waals surface area contributed by atoms with Gasteiger partial charge in [-0.3, -0.25) is 10.1 Å². The van der Waals surface area contributed by atoms with Crippen LogP contribution in [0.5, 0.6) is 5.75 Å². The van der Waals surface area contributed by atoms with Crippen molar-refractivity contribution in [3.8, 4) is 5.75 Å². The van der Waals surface area contributed by atoms with E-state index in [-0.39, 0.29) is 18.0 Å². The van der Waals surface area contributed by atoms with Crippen molar-refractivity contribution in [1.82, 2.24) is 0 Å². The van der Waals surface area contributed by atoms with Crippen LogP contribution in [-0.2, 0) is 6.61 Å². The van der Waals surface area contributed by atoms with Crippen molar-refractivity contribution in [2.24, 2.45) is 0 Å². The zero-order chi connectivity index (χ0) is 10.6. The van der Waals surface area contributed by atoms with E-state index >= 15 is 0 Å². The van der Waals surface area contributed by atoms with Crippen LogP contribution in [0.15, 0.2) is 18.2 Å². The molecular weight excluding hydrogens is 189 g/mol. The topological polar surface area (TPSA) is 92.8 Å². The van der Waals surface area contributed by atoms with Crippen LogP contribution in [0, 0.1) is 10.1 Å². The molecule has 1 radical (unpaired) electrons. The van der Waals surface area contributed by atoms with Crippen LogP contribution in [0.4, 0.5) is 5.69 Å². The summed E-state index contributed by atoms with van der Waals surface area (Å²) in [5.74, 6) is 0.103. The number of nitro benzene ring substituents is 1. The Labute approximate surface area is 80.2 Å². The van der Waals surface area contributed by atoms with Gasteiger partial charge in [0.05, 0.1) is 17.6 Å². The first-order valence-corrected chi connectivity index (χ1v) is 3.69. The molecule has 0 saturated carbocycles. The number of hydrogen-bond acceptors (Lipinski definition) is 5. The SMILES string of the molecule is O=[N+]([O-])c1cc(CO)cc(O[B]O)c1. The van der Waals surface area contributed by atoms with E-state index in [2.05, 4.69) is 4.65 Å². The highest BCUT2D eigenvalue weighted by Crippen LogP contribution is 2.22. The molecular formula is C7H7BNO5. The molecule has 0 aliphatic heterocycles. The van der Waals surface area contributed by atoms with Gasteiger partial charge in [0.2, 0.25) is 0 Å². The number of hydrogen-bond donors (Lipinski definition) is 2. The number of nitrogens with zero attached hydrogens (tertiary/aromatic N) is 1. The van der Waals surface area contributed by atoms with Crippen molar-refractivity contribution in [1.29, 1.82) is 0 Å². The Morgan fingerprint density at radius 3 is 2.71 bits per heavy atom. The van der Waals surface area contributed by atoms with Crippen molar-refractivity contribution >= 4 is 13.4 Å². The molecule has 2 N–H and O–H groups in total. The van der Waals surface area contributed by atoms with Crippen molar-refractivity contribution in [2.75, 3.05) is 0 Å². The monoisotopic (exact) mass is 196 g/mol. The zero-order valence-electron chi connectivity index (χ0n) is 7.08. The first-order chi connectivity index (χ1) is 6.67. The van der Waals surface area contributed by atoms with E-state index in [1.165, 1.54) is 12.1 Å². The molecule has 0 spiro atoms. The average molecular weight is 196 g/mol. The summed E-state index contributed by atoms with van der Waals surface area (Å²) in [5, 5.41) is 27.5. The quantitative estimate of drug-likeness (QED) is 0.401. The van der Waals surface area contributed by atoms with Crippen LogP contribution in [0.25, 0.3) is 0 Å². The van der Waals surface area contributed by atoms with Crippen molar-refractivity contribution in [3.05, 3.63) is 33.9 Å². The molecule has 0 saturated heterocycles. The zero-order valence-corrected chi connectivity index (χ0v) is 7.08. The smallest absolute Gasteiger partial charge is 0.537 e. The summed E-state index contributed by atoms with van der Waals surface area (Å²) in [4.78, 5) is 9.81. The summed E-state index contributed by atoms with van der Waals surface area (Å²) in [6.07, 6.45) is 0. The summed E-state index contributed by atoms with van der Waals surface area (Å²) < 4.78 is 4.55. The van der Waals surface area contributed by atoms with E-state index in [0.717, 1.165) is 6.07 Å². The third kappa shape index (κ3) is 2.44. The molecule has 0 aliphatic carbocycles. The van der Waals surface area contributed by atoms with Gasteiger partial charge in [-0.05, 0) is 11.6 Å². The number of rotatable bonds is 4. The van der Waals surface area contributed by atoms with E-state index in [4.69, 9.17) is 10.1 Å². The van der Waals surface area contributed by atoms with Crippen LogP contribution >= 0.6 is 0 Å². The Kier molecular flexibility index (Phi) is 3.44. The molecule has 0 bridgehead atoms. The molecule has 0 unspecified atom stereocenters. The second-order valence-electron chi connectivity index (χ2n) is 2.47. The Morgan fingerprint density at radius 1 is 1.50 bits per heavy atom. The predicted molar refractivity (Wildman–Crippen MR) is 47.6 cm³/mol. The van der Waals surface area contributed by atoms with E-state index in [9.17, 15) is 10.1 Å². The van der Waals surface area contributed by atoms with Gasteiger partial charge in [-0.1, -0.05) is 0 Å². The lowest BCUT2D eigenvalue weighted by atomic mass is 10.2. The maximum Gasteiger partial charge on any atom is 0.569 e. The van der Waals surface area contributed by atoms with Crippen molar-refractivity contribution in [2.45, 2.75) is 6.61 Å². The third-order valence-electron chi connectivity index (χ3n) is 1.53. The molecule has 1 aromatic carbocycles. The Hall–Kier alpha value is -1.60. The summed E-state index contributed by atoms with van der Waals surface area (Å²) in [6.45, 7) is -0.330. The minimum atomic E-state index is -0.608. The molecule has 73 valence electrons. The Bertz CT molecular complexity index is 343. The second-order valence-corrected chi connectivity index (χ2v) is 2.47. The lowest BCUT2D eigenvalue weighted by molar-refractivity contribution is -0.385. The molecule has 0 fully saturated rings. The standard InChI is InChI=1S/C7H7BNO5/c10-4-5-1-6(9(12)13)3-7(2-5)14-8-11/h1-3,10-11H,4H2. The van der Waals surface area contributed by atoms with Gasteiger partial charge in [0.1, 0.15) is 5.75 Å². The molecule has 14 heavy (non-hydrogen) atoms. The van der Waals surface area contributed by atoms with E-state index in [1.807, 2.05) is 0 Å². The summed E-state index contributed by atoms with van der Waals surface area (Å²) >= 11 is 0. The van der Waals surface area contributed by atoms with Gasteiger partial charge < -0.3 is 14.8 Å². The molecule has 1 aromatic rings. The third-order valence-corrected chi connectivity index (χ3v) is 1.53. The number of nitro groups is 1. The first-order valence-electron chi connectivity index (χ1n) is 3.69. The highest BCUT2D eigenvalue weighted by Gasteiger charge is 2.10. The minimum Gasteiger partial charge on any atom is -0.537 e. The molecule has 0 aliphatic rings. The van der Waals surface area contributed by atoms with Gasteiger partial charge in [0.15, 0.2) is 0 Å². The second kappa shape index (κ2) is 4.59. The lowest BCUT2D eigenvalue weighted by Gasteiger charge is -2.03. The van der Waals surface area contributed by atoms with E-state index < -0.39 is 4.92 Å². The fourth-order valence-electron chi connectivity index (χ4n) is 0.969. The molecule has 0 heterocycles. The summed E-state index contributed by atoms with van der Waals surface area (Å²) in [6, 6.07) is 3.76. The lowest BCUT2D eigenvalue weighted by Crippen LogP contribution is -2.01. The number of benzene rings is 1. The Morgan fingerprint density at radius 2 is 2.21 bits per heavy atom. The fraction of sp³-hybridized carbons (Fsp3) is 0.143. The number of aliphatic hydroxyl groups is 1. The van der Waals surface area contributed by atoms with Crippen LogP contribution in [0.2, 0.25) is 0 Å². The summed E-state index contributed by atoms with van der Waals surface area (Å²) in [5.41, 5.74) is 0.143. The molecule has 0 amide bonds. The predicted octanol–water partition coefficient (Wildman–Crippen LogP) is -0.00760. The number of non-ortho nitro benzene ring substituents is 1. The van der Waals surface area contributed by atoms with Crippen LogP contribution in [0.1, 0.15) is 5.56 Å². The molecule has 7 heteroatoms. The van der Waals surface area contributed by atoms with Gasteiger partial charge in [0.25, 0.3) is 5.69 Å². The maximum atomic E-state index is 10.4. The number of aliphatic hydroxyl groups excluding tert-OH is 1. The fourth-order valence-corrected chi connectivity index (χ4v) is 0.969. The van der Waals surface area contributed by atoms with Crippen LogP contribution < -0.4 is 4.65 Å². The first kappa shape index (κ1) is 10.5. The highest BCUT2D eigenvalue weighted by molar-refractivity contribution is 6.17. The normalized spacial score (nSPS) is 9.57. The van der Waals surface area contributed by atoms with E-state index in [0.29, 0.717) is 13.2 Å². The van der Waals surface area contributed by atoms with Gasteiger partial charge in [0, 0.05) is 6.07 Å². The van der Waals surface area contributed by atoms with Gasteiger partial charge >= 0.3 is 7.69 Å². The van der Waals surface area contributed by atoms with Gasteiger partial charge in [-0.2, -0.15) is 0 Å². The van der Waals surface area contributed by atoms with Crippen LogP contribution in [-0.4, -0.2) is 22.7 Å². The molecule has 0 aromatic heterocycles.